The molecule has 0 aliphatic rings. The van der Waals surface area contributed by atoms with Crippen LogP contribution in [0.4, 0.5) is 0 Å². The number of oxazole rings is 1. The topological polar surface area (TPSA) is 177 Å². The highest BCUT2D eigenvalue weighted by Crippen LogP contribution is 2.13. The highest BCUT2D eigenvalue weighted by Gasteiger charge is 1.91. The average molecular weight is 1130 g/mol. The molecule has 426 valence electrons. The molecule has 0 unspecified atom stereocenters. The molecule has 0 aliphatic carbocycles. The summed E-state index contributed by atoms with van der Waals surface area (Å²) in [6, 6.07) is 20.5. The van der Waals surface area contributed by atoms with E-state index >= 15 is 0 Å². The molecule has 0 bridgehead atoms. The van der Waals surface area contributed by atoms with E-state index in [4.69, 9.17) is 13.3 Å². The number of hydrogen-bond acceptors (Lipinski definition) is 13. The van der Waals surface area contributed by atoms with Crippen molar-refractivity contribution in [1.29, 1.82) is 0 Å². The minimum atomic E-state index is 0.734. The van der Waals surface area contributed by atoms with Gasteiger partial charge in [0.2, 0.25) is 0 Å². The van der Waals surface area contributed by atoms with Crippen LogP contribution in [0, 0.1) is 152 Å². The highest BCUT2D eigenvalue weighted by molar-refractivity contribution is 7.12. The van der Waals surface area contributed by atoms with Crippen LogP contribution in [0.25, 0.3) is 0 Å². The maximum Gasteiger partial charge on any atom is 0.191 e. The molecule has 0 atom stereocenters. The van der Waals surface area contributed by atoms with Crippen molar-refractivity contribution < 1.29 is 13.3 Å². The van der Waals surface area contributed by atoms with Gasteiger partial charge in [-0.1, -0.05) is 6.07 Å². The summed E-state index contributed by atoms with van der Waals surface area (Å²) in [5.41, 5.74) is 11.8. The second kappa shape index (κ2) is 39.1. The number of rotatable bonds is 0. The van der Waals surface area contributed by atoms with Crippen molar-refractivity contribution in [2.45, 2.75) is 152 Å². The number of nitrogens with zero attached hydrogens (tertiary/aromatic N) is 7. The van der Waals surface area contributed by atoms with Gasteiger partial charge in [0.1, 0.15) is 34.7 Å². The van der Waals surface area contributed by atoms with Gasteiger partial charge in [0, 0.05) is 86.4 Å². The van der Waals surface area contributed by atoms with E-state index in [1.807, 2.05) is 190 Å². The first-order valence-electron chi connectivity index (χ1n) is 25.8. The third-order valence-corrected chi connectivity index (χ3v) is 12.3. The van der Waals surface area contributed by atoms with E-state index in [1.54, 1.807) is 35.1 Å². The van der Waals surface area contributed by atoms with Crippen LogP contribution in [-0.2, 0) is 0 Å². The number of aromatic nitrogens is 10. The second-order valence-electron chi connectivity index (χ2n) is 18.8. The Hall–Kier alpha value is -7.27. The van der Waals surface area contributed by atoms with Gasteiger partial charge in [0.05, 0.1) is 23.2 Å². The average Bonchev–Trinajstić information content (AvgIpc) is 4.29. The predicted molar refractivity (Wildman–Crippen MR) is 333 cm³/mol. The Balaban J connectivity index is 0.000000435. The molecule has 0 radical (unpaired) electrons. The van der Waals surface area contributed by atoms with E-state index in [2.05, 4.69) is 127 Å². The molecule has 11 rings (SSSR count). The molecule has 13 nitrogen and oxygen atoms in total. The van der Waals surface area contributed by atoms with E-state index in [1.165, 1.54) is 47.5 Å². The van der Waals surface area contributed by atoms with E-state index in [-0.39, 0.29) is 0 Å². The molecule has 11 aromatic rings. The lowest BCUT2D eigenvalue weighted by Gasteiger charge is -1.89. The minimum absolute atomic E-state index is 0.734. The van der Waals surface area contributed by atoms with Crippen molar-refractivity contribution in [1.82, 2.24) is 50.1 Å². The Morgan fingerprint density at radius 3 is 1.23 bits per heavy atom. The number of furan rings is 2. The zero-order valence-corrected chi connectivity index (χ0v) is 53.5. The summed E-state index contributed by atoms with van der Waals surface area (Å²) in [5, 5.41) is 10.0. The van der Waals surface area contributed by atoms with Crippen LogP contribution < -0.4 is 0 Å². The second-order valence-corrected chi connectivity index (χ2v) is 22.8. The molecule has 11 aromatic heterocycles. The minimum Gasteiger partial charge on any atom is -0.469 e. The van der Waals surface area contributed by atoms with Crippen molar-refractivity contribution in [2.24, 2.45) is 0 Å². The number of aryl methyl sites for hydroxylation is 22. The Morgan fingerprint density at radius 2 is 1.04 bits per heavy atom. The van der Waals surface area contributed by atoms with Crippen LogP contribution in [0.15, 0.2) is 129 Å². The normalized spacial score (nSPS) is 9.39. The van der Waals surface area contributed by atoms with E-state index in [0.717, 1.165) is 73.9 Å². The van der Waals surface area contributed by atoms with Crippen molar-refractivity contribution >= 4 is 34.0 Å². The number of thiazole rings is 1. The van der Waals surface area contributed by atoms with Gasteiger partial charge in [0.15, 0.2) is 5.89 Å². The molecule has 0 saturated heterocycles. The number of aromatic amines is 3. The van der Waals surface area contributed by atoms with Gasteiger partial charge in [-0.15, -0.1) is 34.0 Å². The summed E-state index contributed by atoms with van der Waals surface area (Å²) in [5.74, 6) is 6.37. The molecule has 79 heavy (non-hydrogen) atoms. The largest absolute Gasteiger partial charge is 0.469 e. The van der Waals surface area contributed by atoms with Crippen LogP contribution in [0.3, 0.4) is 0 Å². The summed E-state index contributed by atoms with van der Waals surface area (Å²) in [6.45, 7) is 43.9. The van der Waals surface area contributed by atoms with Crippen LogP contribution >= 0.6 is 34.0 Å². The first-order chi connectivity index (χ1) is 37.2. The molecule has 0 amide bonds. The molecule has 16 heteroatoms. The first-order valence-corrected chi connectivity index (χ1v) is 28.3. The summed E-state index contributed by atoms with van der Waals surface area (Å²) < 4.78 is 15.0. The Morgan fingerprint density at radius 1 is 0.405 bits per heavy atom. The van der Waals surface area contributed by atoms with Gasteiger partial charge in [-0.2, -0.15) is 5.10 Å². The van der Waals surface area contributed by atoms with Gasteiger partial charge in [-0.05, 0) is 233 Å². The SMILES string of the molecule is Cc1c[nH]c(C)c1.Cc1cc(C)[nH]n1.Cc1ccc(C)nc1.Cc1ccc(C)o1.Cc1ccc(C)s1.Cc1cnc(C)[nH]1.Cc1cnc(C)nc1.Cc1cnc(C)o1.Cc1cnc(C)s1.Cc1coc(C)c1.Cc1csc(C)c1. The number of pyridine rings is 1. The molecular weight excluding hydrogens is 1040 g/mol. The molecule has 0 fully saturated rings. The predicted octanol–water partition coefficient (Wildman–Crippen LogP) is 18.1. The van der Waals surface area contributed by atoms with E-state index < -0.39 is 0 Å². The zero-order valence-electron chi connectivity index (χ0n) is 51.0. The summed E-state index contributed by atoms with van der Waals surface area (Å²) in [4.78, 5) is 35.4. The molecule has 11 heterocycles. The number of hydrogen-bond donors (Lipinski definition) is 3. The first kappa shape index (κ1) is 69.7. The number of nitrogens with one attached hydrogen (secondary N) is 3. The lowest BCUT2D eigenvalue weighted by molar-refractivity contribution is 0.494. The zero-order chi connectivity index (χ0) is 59.5. The van der Waals surface area contributed by atoms with Crippen molar-refractivity contribution in [3.63, 3.8) is 0 Å². The monoisotopic (exact) mass is 1130 g/mol. The summed E-state index contributed by atoms with van der Waals surface area (Å²) in [6.07, 6.45) is 14.6. The van der Waals surface area contributed by atoms with Gasteiger partial charge in [-0.25, -0.2) is 24.9 Å². The Kier molecular flexibility index (Phi) is 34.6. The van der Waals surface area contributed by atoms with Crippen LogP contribution in [0.2, 0.25) is 0 Å². The lowest BCUT2D eigenvalue weighted by atomic mass is 10.3. The Bertz CT molecular complexity index is 2450. The van der Waals surface area contributed by atoms with Crippen molar-refractivity contribution in [3.8, 4) is 0 Å². The molecular formula is C63H88N10O3S3. The standard InChI is InChI=1S/C7H9N.C6H8N2.C6H9N.2C6H8O.2C6H8S.2C5H8N2.C5H7NO.C5H7NS/c1-6-3-4-7(2)8-5-6;1-5-3-7-6(2)8-4-5;2*1-5-3-6(2)7-4-5;1-5-3-4-6(2)7-5;1-5-3-6(2)7-4-5;1-5-3-4-6(2)7-5;1-4-3-6-5(2)7-4;1-4-3-5(2)7-6-4;2*1-4-3-6-5(2)7-4/h3-5H,1-2H3;3-4H,1-2H3;3-4,7H,1-2H3;4*3-4H,1-2H3;2*3H,1-2H3,(H,6,7);2*3H,1-2H3. The molecule has 0 aliphatic heterocycles. The van der Waals surface area contributed by atoms with Crippen molar-refractivity contribution in [2.75, 3.05) is 0 Å². The number of H-pyrrole nitrogens is 3. The fourth-order valence-corrected chi connectivity index (χ4v) is 8.10. The number of thiophene rings is 2. The maximum atomic E-state index is 5.08. The molecule has 0 aromatic carbocycles. The van der Waals surface area contributed by atoms with Gasteiger partial charge >= 0.3 is 0 Å². The van der Waals surface area contributed by atoms with Crippen LogP contribution in [-0.4, -0.2) is 50.1 Å². The molecule has 0 spiro atoms. The smallest absolute Gasteiger partial charge is 0.191 e. The lowest BCUT2D eigenvalue weighted by Crippen LogP contribution is -1.84. The van der Waals surface area contributed by atoms with Crippen LogP contribution in [0.1, 0.15) is 121 Å². The number of imidazole rings is 1. The van der Waals surface area contributed by atoms with Gasteiger partial charge in [-0.3, -0.25) is 10.1 Å². The fourth-order valence-electron chi connectivity index (χ4n) is 5.95. The fraction of sp³-hybridized carbons (Fsp3) is 0.349. The quantitative estimate of drug-likeness (QED) is 0.132. The van der Waals surface area contributed by atoms with E-state index in [9.17, 15) is 0 Å². The molecule has 0 saturated carbocycles. The summed E-state index contributed by atoms with van der Waals surface area (Å²) >= 11 is 5.38. The molecule has 3 N–H and O–H groups in total. The van der Waals surface area contributed by atoms with E-state index in [0.29, 0.717) is 0 Å². The Labute approximate surface area is 484 Å². The highest BCUT2D eigenvalue weighted by atomic mass is 32.1. The third kappa shape index (κ3) is 38.0. The maximum absolute atomic E-state index is 5.08. The third-order valence-electron chi connectivity index (χ3n) is 9.55. The van der Waals surface area contributed by atoms with Gasteiger partial charge < -0.3 is 23.2 Å². The van der Waals surface area contributed by atoms with Crippen molar-refractivity contribution in [3.05, 3.63) is 237 Å². The van der Waals surface area contributed by atoms with Crippen LogP contribution in [0.5, 0.6) is 0 Å². The van der Waals surface area contributed by atoms with Gasteiger partial charge in [0.25, 0.3) is 0 Å². The summed E-state index contributed by atoms with van der Waals surface area (Å²) in [7, 11) is 0.